The smallest absolute Gasteiger partial charge is 0.330 e. The van der Waals surface area contributed by atoms with Crippen LogP contribution < -0.4 is 26.8 Å². The first-order valence-corrected chi connectivity index (χ1v) is 13.9. The van der Waals surface area contributed by atoms with E-state index in [2.05, 4.69) is 37.9 Å². The fourth-order valence-corrected chi connectivity index (χ4v) is 5.76. The fourth-order valence-electron chi connectivity index (χ4n) is 4.99. The molecule has 2 aromatic heterocycles. The second kappa shape index (κ2) is 12.5. The van der Waals surface area contributed by atoms with E-state index in [4.69, 9.17) is 0 Å². The molecule has 3 aliphatic rings. The number of allylic oxidation sites excluding steroid dienone is 1. The van der Waals surface area contributed by atoms with Gasteiger partial charge in [0.05, 0.1) is 13.3 Å². The number of carbonyl (C=O) groups is 5. The Labute approximate surface area is 239 Å². The lowest BCUT2D eigenvalue weighted by Gasteiger charge is -2.67. The molecule has 3 fully saturated rings. The van der Waals surface area contributed by atoms with Crippen molar-refractivity contribution in [2.75, 3.05) is 17.7 Å². The summed E-state index contributed by atoms with van der Waals surface area (Å²) in [6.45, 7) is 3.23. The first-order valence-electron chi connectivity index (χ1n) is 13.1. The van der Waals surface area contributed by atoms with Crippen molar-refractivity contribution < 1.29 is 28.7 Å². The number of carbonyl (C=O) groups excluding carboxylic acids is 5. The number of hydrogen-bond donors (Lipinski definition) is 4. The van der Waals surface area contributed by atoms with Crippen molar-refractivity contribution in [3.8, 4) is 0 Å². The van der Waals surface area contributed by atoms with E-state index >= 15 is 0 Å². The summed E-state index contributed by atoms with van der Waals surface area (Å²) in [7, 11) is 1.24. The van der Waals surface area contributed by atoms with Gasteiger partial charge in [0.1, 0.15) is 23.2 Å². The highest BCUT2D eigenvalue weighted by Crippen LogP contribution is 2.61. The molecular formula is C27H32N6O7S. The van der Waals surface area contributed by atoms with Crippen LogP contribution in [0.5, 0.6) is 0 Å². The molecule has 3 aliphatic carbocycles. The molecule has 2 heterocycles. The molecule has 0 unspecified atom stereocenters. The summed E-state index contributed by atoms with van der Waals surface area (Å²) in [6, 6.07) is 1.86. The molecule has 14 heteroatoms. The van der Waals surface area contributed by atoms with E-state index in [1.165, 1.54) is 49.2 Å². The molecule has 5 rings (SSSR count). The highest BCUT2D eigenvalue weighted by molar-refractivity contribution is 7.17. The molecule has 0 radical (unpaired) electrons. The maximum Gasteiger partial charge on any atom is 0.330 e. The van der Waals surface area contributed by atoms with Gasteiger partial charge in [-0.05, 0) is 49.7 Å². The highest BCUT2D eigenvalue weighted by Gasteiger charge is 2.63. The summed E-state index contributed by atoms with van der Waals surface area (Å²) in [4.78, 5) is 78.6. The average Bonchev–Trinajstić information content (AvgIpc) is 3.38. The van der Waals surface area contributed by atoms with Crippen molar-refractivity contribution in [1.29, 1.82) is 0 Å². The quantitative estimate of drug-likeness (QED) is 0.214. The number of pyridine rings is 1. The van der Waals surface area contributed by atoms with Crippen molar-refractivity contribution in [3.63, 3.8) is 0 Å². The lowest BCUT2D eigenvalue weighted by atomic mass is 9.43. The molecule has 2 aromatic rings. The predicted octanol–water partition coefficient (Wildman–Crippen LogP) is 1.42. The molecule has 4 N–H and O–H groups in total. The molecule has 3 saturated carbocycles. The van der Waals surface area contributed by atoms with E-state index in [1.807, 2.05) is 0 Å². The van der Waals surface area contributed by atoms with E-state index in [1.54, 1.807) is 6.07 Å². The van der Waals surface area contributed by atoms with Gasteiger partial charge in [0.25, 0.3) is 11.5 Å². The number of anilines is 2. The minimum Gasteiger partial charge on any atom is -0.466 e. The molecule has 0 aromatic carbocycles. The number of rotatable bonds is 12. The van der Waals surface area contributed by atoms with Crippen LogP contribution in [0.25, 0.3) is 0 Å². The topological polar surface area (TPSA) is 178 Å². The zero-order valence-electron chi connectivity index (χ0n) is 22.9. The third kappa shape index (κ3) is 6.88. The number of amides is 4. The van der Waals surface area contributed by atoms with Crippen LogP contribution in [0.15, 0.2) is 41.5 Å². The standard InChI is InChI=1S/C27H32N6O7S/c1-15-17-11-27(15,12-17)32-21(35)14-33-10-6-8-19(25(33)39)31-23(37)18(7-4-5-9-22(36)40-3)30-24(38)20-13-28-26(41-20)29-16(2)34/h5-6,8-10,13,15,17-18H,4,7,11-12,14H2,1-3H3,(H,30,38)(H,31,37)(H,32,35)(H,28,29,34)/b9-5+/t15-,17?,18-,27?/m0/s1. The van der Waals surface area contributed by atoms with Crippen LogP contribution in [0.4, 0.5) is 10.8 Å². The number of esters is 1. The van der Waals surface area contributed by atoms with E-state index in [9.17, 15) is 28.8 Å². The Bertz CT molecular complexity index is 1440. The summed E-state index contributed by atoms with van der Waals surface area (Å²) >= 11 is 0.932. The van der Waals surface area contributed by atoms with Crippen LogP contribution in [0.2, 0.25) is 0 Å². The number of ether oxygens (including phenoxy) is 1. The Morgan fingerprint density at radius 2 is 2.00 bits per heavy atom. The maximum absolute atomic E-state index is 13.2. The first kappa shape index (κ1) is 29.6. The van der Waals surface area contributed by atoms with Crippen LogP contribution in [0.3, 0.4) is 0 Å². The van der Waals surface area contributed by atoms with Gasteiger partial charge in [-0.1, -0.05) is 24.3 Å². The SMILES string of the molecule is COC(=O)/C=C/CC[C@H](NC(=O)c1cnc(NC(C)=O)s1)C(=O)Nc1cccn(CC(=O)NC23CC(C2)[C@@H]3C)c1=O. The zero-order valence-corrected chi connectivity index (χ0v) is 23.7. The Hall–Kier alpha value is -4.33. The van der Waals surface area contributed by atoms with E-state index < -0.39 is 29.4 Å². The largest absolute Gasteiger partial charge is 0.466 e. The molecule has 41 heavy (non-hydrogen) atoms. The van der Waals surface area contributed by atoms with Crippen LogP contribution in [0.1, 0.15) is 49.2 Å². The van der Waals surface area contributed by atoms with Gasteiger partial charge in [0, 0.05) is 24.7 Å². The molecule has 218 valence electrons. The van der Waals surface area contributed by atoms with Crippen molar-refractivity contribution in [2.45, 2.75) is 57.7 Å². The number of methoxy groups -OCH3 is 1. The van der Waals surface area contributed by atoms with E-state index in [0.29, 0.717) is 11.8 Å². The number of aromatic nitrogens is 2. The van der Waals surface area contributed by atoms with Gasteiger partial charge in [0.15, 0.2) is 5.13 Å². The molecule has 0 saturated heterocycles. The minimum atomic E-state index is -1.10. The van der Waals surface area contributed by atoms with E-state index in [-0.39, 0.29) is 52.4 Å². The molecular weight excluding hydrogens is 552 g/mol. The Kier molecular flexibility index (Phi) is 9.01. The Balaban J connectivity index is 1.43. The maximum atomic E-state index is 13.2. The highest BCUT2D eigenvalue weighted by atomic mass is 32.1. The minimum absolute atomic E-state index is 0.0562. The van der Waals surface area contributed by atoms with Crippen LogP contribution >= 0.6 is 11.3 Å². The van der Waals surface area contributed by atoms with Crippen molar-refractivity contribution in [3.05, 3.63) is 51.9 Å². The first-order chi connectivity index (χ1) is 19.5. The summed E-state index contributed by atoms with van der Waals surface area (Å²) in [5.41, 5.74) is -0.787. The monoisotopic (exact) mass is 584 g/mol. The molecule has 0 spiro atoms. The molecule has 0 aliphatic heterocycles. The van der Waals surface area contributed by atoms with Crippen molar-refractivity contribution in [2.24, 2.45) is 11.8 Å². The van der Waals surface area contributed by atoms with Gasteiger partial charge >= 0.3 is 5.97 Å². The Morgan fingerprint density at radius 3 is 2.63 bits per heavy atom. The van der Waals surface area contributed by atoms with Gasteiger partial charge in [-0.2, -0.15) is 0 Å². The van der Waals surface area contributed by atoms with Gasteiger partial charge in [-0.15, -0.1) is 0 Å². The lowest BCUT2D eigenvalue weighted by Crippen LogP contribution is -2.74. The molecule has 4 amide bonds. The third-order valence-electron chi connectivity index (χ3n) is 7.52. The normalized spacial score (nSPS) is 21.1. The van der Waals surface area contributed by atoms with Gasteiger partial charge < -0.3 is 30.6 Å². The van der Waals surface area contributed by atoms with Gasteiger partial charge in [-0.25, -0.2) is 9.78 Å². The number of thiazole rings is 1. The lowest BCUT2D eigenvalue weighted by molar-refractivity contribution is -0.151. The van der Waals surface area contributed by atoms with Crippen LogP contribution in [-0.2, 0) is 30.5 Å². The second-order valence-corrected chi connectivity index (χ2v) is 11.3. The fraction of sp³-hybridized carbons (Fsp3) is 0.444. The summed E-state index contributed by atoms with van der Waals surface area (Å²) in [6.07, 6.45) is 7.68. The molecule has 2 bridgehead atoms. The number of nitrogens with one attached hydrogen (secondary N) is 4. The van der Waals surface area contributed by atoms with Crippen molar-refractivity contribution in [1.82, 2.24) is 20.2 Å². The zero-order chi connectivity index (χ0) is 29.7. The van der Waals surface area contributed by atoms with Crippen molar-refractivity contribution >= 4 is 51.8 Å². The number of hydrogen-bond acceptors (Lipinski definition) is 9. The van der Waals surface area contributed by atoms with Crippen LogP contribution in [-0.4, -0.2) is 57.8 Å². The molecule has 2 atom stereocenters. The van der Waals surface area contributed by atoms with E-state index in [0.717, 1.165) is 24.2 Å². The average molecular weight is 585 g/mol. The summed E-state index contributed by atoms with van der Waals surface area (Å²) in [5.74, 6) is -1.36. The summed E-state index contributed by atoms with van der Waals surface area (Å²) in [5, 5.41) is 10.9. The Morgan fingerprint density at radius 1 is 1.24 bits per heavy atom. The third-order valence-corrected chi connectivity index (χ3v) is 8.43. The van der Waals surface area contributed by atoms with Gasteiger partial charge in [-0.3, -0.25) is 24.0 Å². The second-order valence-electron chi connectivity index (χ2n) is 10.2. The summed E-state index contributed by atoms with van der Waals surface area (Å²) < 4.78 is 5.77. The molecule has 13 nitrogen and oxygen atoms in total. The van der Waals surface area contributed by atoms with Crippen LogP contribution in [0, 0.1) is 11.8 Å². The predicted molar refractivity (Wildman–Crippen MR) is 150 cm³/mol. The van der Waals surface area contributed by atoms with Gasteiger partial charge in [0.2, 0.25) is 17.7 Å². The number of nitrogens with zero attached hydrogens (tertiary/aromatic N) is 2.